The topological polar surface area (TPSA) is 37.0 Å². The van der Waals surface area contributed by atoms with Gasteiger partial charge in [-0.3, -0.25) is 4.98 Å². The maximum atomic E-state index is 4.00. The quantitative estimate of drug-likeness (QED) is 0.843. The number of nitrogens with zero attached hydrogens (tertiary/aromatic N) is 1. The van der Waals surface area contributed by atoms with Crippen molar-refractivity contribution in [3.05, 3.63) is 30.1 Å². The third-order valence-corrected chi connectivity index (χ3v) is 2.88. The summed E-state index contributed by atoms with van der Waals surface area (Å²) >= 11 is 0. The van der Waals surface area contributed by atoms with Crippen LogP contribution in [0.2, 0.25) is 0 Å². The number of halogens is 1. The third kappa shape index (κ3) is 4.47. The molecular weight excluding hydrogens is 222 g/mol. The molecule has 0 aromatic carbocycles. The molecule has 0 bridgehead atoms. The summed E-state index contributed by atoms with van der Waals surface area (Å²) in [6, 6.07) is 4.78. The van der Waals surface area contributed by atoms with E-state index in [2.05, 4.69) is 27.8 Å². The molecule has 1 aliphatic rings. The summed E-state index contributed by atoms with van der Waals surface area (Å²) in [6.45, 7) is 3.20. The Labute approximate surface area is 103 Å². The molecule has 1 unspecified atom stereocenters. The summed E-state index contributed by atoms with van der Waals surface area (Å²) in [7, 11) is 0. The molecule has 3 nitrogen and oxygen atoms in total. The van der Waals surface area contributed by atoms with E-state index >= 15 is 0 Å². The van der Waals surface area contributed by atoms with Gasteiger partial charge in [-0.2, -0.15) is 0 Å². The van der Waals surface area contributed by atoms with Crippen LogP contribution in [0.15, 0.2) is 24.5 Å². The zero-order valence-corrected chi connectivity index (χ0v) is 10.3. The SMILES string of the molecule is Cl.c1cc(CNCC2CCCCN2)ccn1. The lowest BCUT2D eigenvalue weighted by molar-refractivity contribution is 0.383. The standard InChI is InChI=1S/C12H19N3.ClH/c1-2-6-15-12(3-1)10-14-9-11-4-7-13-8-5-11;/h4-5,7-8,12,14-15H,1-3,6,9-10H2;1H. The summed E-state index contributed by atoms with van der Waals surface area (Å²) in [4.78, 5) is 4.00. The van der Waals surface area contributed by atoms with Crippen molar-refractivity contribution in [3.8, 4) is 0 Å². The first-order valence-electron chi connectivity index (χ1n) is 5.78. The van der Waals surface area contributed by atoms with Crippen LogP contribution in [0.3, 0.4) is 0 Å². The summed E-state index contributed by atoms with van der Waals surface area (Å²) in [5.41, 5.74) is 1.31. The van der Waals surface area contributed by atoms with E-state index < -0.39 is 0 Å². The number of piperidine rings is 1. The smallest absolute Gasteiger partial charge is 0.0271 e. The fraction of sp³-hybridized carbons (Fsp3) is 0.583. The van der Waals surface area contributed by atoms with Crippen LogP contribution in [0.25, 0.3) is 0 Å². The van der Waals surface area contributed by atoms with Crippen molar-refractivity contribution >= 4 is 12.4 Å². The lowest BCUT2D eigenvalue weighted by Crippen LogP contribution is -2.41. The van der Waals surface area contributed by atoms with E-state index in [1.54, 1.807) is 0 Å². The van der Waals surface area contributed by atoms with E-state index in [1.165, 1.54) is 31.4 Å². The lowest BCUT2D eigenvalue weighted by atomic mass is 10.1. The Bertz CT molecular complexity index is 273. The third-order valence-electron chi connectivity index (χ3n) is 2.88. The monoisotopic (exact) mass is 241 g/mol. The molecule has 1 aliphatic heterocycles. The number of aromatic nitrogens is 1. The van der Waals surface area contributed by atoms with E-state index in [0.717, 1.165) is 13.1 Å². The van der Waals surface area contributed by atoms with Crippen molar-refractivity contribution in [1.29, 1.82) is 0 Å². The Balaban J connectivity index is 0.00000128. The van der Waals surface area contributed by atoms with Crippen molar-refractivity contribution in [2.75, 3.05) is 13.1 Å². The van der Waals surface area contributed by atoms with E-state index in [0.29, 0.717) is 6.04 Å². The van der Waals surface area contributed by atoms with Crippen molar-refractivity contribution in [2.24, 2.45) is 0 Å². The summed E-state index contributed by atoms with van der Waals surface area (Å²) in [5, 5.41) is 7.01. The molecule has 1 aromatic rings. The van der Waals surface area contributed by atoms with Gasteiger partial charge in [-0.05, 0) is 37.1 Å². The van der Waals surface area contributed by atoms with Gasteiger partial charge in [0.25, 0.3) is 0 Å². The van der Waals surface area contributed by atoms with Crippen molar-refractivity contribution in [1.82, 2.24) is 15.6 Å². The molecule has 1 saturated heterocycles. The minimum absolute atomic E-state index is 0. The average molecular weight is 242 g/mol. The largest absolute Gasteiger partial charge is 0.313 e. The molecule has 2 rings (SSSR count). The van der Waals surface area contributed by atoms with Gasteiger partial charge < -0.3 is 10.6 Å². The van der Waals surface area contributed by atoms with Gasteiger partial charge in [0.05, 0.1) is 0 Å². The molecule has 90 valence electrons. The number of hydrogen-bond acceptors (Lipinski definition) is 3. The molecule has 2 heterocycles. The molecule has 4 heteroatoms. The molecule has 0 radical (unpaired) electrons. The fourth-order valence-electron chi connectivity index (χ4n) is 1.99. The van der Waals surface area contributed by atoms with Crippen LogP contribution in [-0.2, 0) is 6.54 Å². The number of nitrogens with one attached hydrogen (secondary N) is 2. The van der Waals surface area contributed by atoms with Gasteiger partial charge >= 0.3 is 0 Å². The molecule has 1 fully saturated rings. The van der Waals surface area contributed by atoms with Gasteiger partial charge in [0.15, 0.2) is 0 Å². The molecular formula is C12H20ClN3. The van der Waals surface area contributed by atoms with E-state index in [-0.39, 0.29) is 12.4 Å². The highest BCUT2D eigenvalue weighted by Gasteiger charge is 2.10. The molecule has 0 saturated carbocycles. The molecule has 0 spiro atoms. The van der Waals surface area contributed by atoms with E-state index in [4.69, 9.17) is 0 Å². The lowest BCUT2D eigenvalue weighted by Gasteiger charge is -2.23. The highest BCUT2D eigenvalue weighted by Crippen LogP contribution is 2.06. The number of rotatable bonds is 4. The van der Waals surface area contributed by atoms with Gasteiger partial charge in [0, 0.05) is 31.5 Å². The average Bonchev–Trinajstić information content (AvgIpc) is 2.32. The Kier molecular flexibility index (Phi) is 6.38. The van der Waals surface area contributed by atoms with Crippen LogP contribution in [0.5, 0.6) is 0 Å². The minimum Gasteiger partial charge on any atom is -0.313 e. The Morgan fingerprint density at radius 3 is 2.81 bits per heavy atom. The van der Waals surface area contributed by atoms with Crippen LogP contribution in [0.4, 0.5) is 0 Å². The van der Waals surface area contributed by atoms with Gasteiger partial charge in [-0.15, -0.1) is 12.4 Å². The van der Waals surface area contributed by atoms with Gasteiger partial charge in [-0.25, -0.2) is 0 Å². The Hall–Kier alpha value is -0.640. The Morgan fingerprint density at radius 1 is 1.31 bits per heavy atom. The summed E-state index contributed by atoms with van der Waals surface area (Å²) in [6.07, 6.45) is 7.70. The molecule has 0 aliphatic carbocycles. The van der Waals surface area contributed by atoms with Gasteiger partial charge in [0.2, 0.25) is 0 Å². The van der Waals surface area contributed by atoms with E-state index in [9.17, 15) is 0 Å². The van der Waals surface area contributed by atoms with Crippen molar-refractivity contribution in [3.63, 3.8) is 0 Å². The first-order chi connectivity index (χ1) is 7.45. The fourth-order valence-corrected chi connectivity index (χ4v) is 1.99. The predicted octanol–water partition coefficient (Wildman–Crippen LogP) is 1.74. The van der Waals surface area contributed by atoms with Crippen LogP contribution in [-0.4, -0.2) is 24.1 Å². The normalized spacial score (nSPS) is 20.1. The summed E-state index contributed by atoms with van der Waals surface area (Å²) in [5.74, 6) is 0. The maximum absolute atomic E-state index is 4.00. The van der Waals surface area contributed by atoms with Crippen molar-refractivity contribution in [2.45, 2.75) is 31.8 Å². The number of hydrogen-bond donors (Lipinski definition) is 2. The zero-order valence-electron chi connectivity index (χ0n) is 9.48. The highest BCUT2D eigenvalue weighted by atomic mass is 35.5. The zero-order chi connectivity index (χ0) is 10.3. The molecule has 2 N–H and O–H groups in total. The number of pyridine rings is 1. The van der Waals surface area contributed by atoms with Crippen LogP contribution >= 0.6 is 12.4 Å². The first-order valence-corrected chi connectivity index (χ1v) is 5.78. The minimum atomic E-state index is 0. The van der Waals surface area contributed by atoms with Gasteiger partial charge in [-0.1, -0.05) is 6.42 Å². The molecule has 1 atom stereocenters. The second-order valence-electron chi connectivity index (χ2n) is 4.13. The maximum Gasteiger partial charge on any atom is 0.0271 e. The van der Waals surface area contributed by atoms with Gasteiger partial charge in [0.1, 0.15) is 0 Å². The summed E-state index contributed by atoms with van der Waals surface area (Å²) < 4.78 is 0. The van der Waals surface area contributed by atoms with Crippen LogP contribution in [0.1, 0.15) is 24.8 Å². The highest BCUT2D eigenvalue weighted by molar-refractivity contribution is 5.85. The second kappa shape index (κ2) is 7.60. The van der Waals surface area contributed by atoms with Crippen LogP contribution in [0, 0.1) is 0 Å². The predicted molar refractivity (Wildman–Crippen MR) is 68.8 cm³/mol. The Morgan fingerprint density at radius 2 is 2.12 bits per heavy atom. The van der Waals surface area contributed by atoms with E-state index in [1.807, 2.05) is 12.4 Å². The first kappa shape index (κ1) is 13.4. The molecule has 16 heavy (non-hydrogen) atoms. The molecule has 0 amide bonds. The van der Waals surface area contributed by atoms with Crippen molar-refractivity contribution < 1.29 is 0 Å². The second-order valence-corrected chi connectivity index (χ2v) is 4.13. The van der Waals surface area contributed by atoms with Crippen LogP contribution < -0.4 is 10.6 Å². The molecule has 1 aromatic heterocycles.